The van der Waals surface area contributed by atoms with Crippen molar-refractivity contribution in [3.63, 3.8) is 0 Å². The summed E-state index contributed by atoms with van der Waals surface area (Å²) in [5.74, 6) is -3.27. The molecule has 0 spiro atoms. The standard InChI is InChI=1S/C13H15F3N2O5S/c1-22-2-3-23-12-9(13(14,15)16)4-8(5-17-12)18-10(19)6-24-7-11(20)21/h4-5H,2-3,6-7H2,1H3,(H,18,19)(H,20,21)/p-1. The van der Waals surface area contributed by atoms with Crippen LogP contribution in [0.15, 0.2) is 12.3 Å². The molecule has 0 aliphatic carbocycles. The van der Waals surface area contributed by atoms with Gasteiger partial charge in [-0.2, -0.15) is 13.2 Å². The van der Waals surface area contributed by atoms with Crippen molar-refractivity contribution in [3.8, 4) is 5.88 Å². The predicted octanol–water partition coefficient (Wildman–Crippen LogP) is 0.547. The van der Waals surface area contributed by atoms with Crippen molar-refractivity contribution in [2.45, 2.75) is 6.18 Å². The second kappa shape index (κ2) is 9.33. The molecule has 0 radical (unpaired) electrons. The van der Waals surface area contributed by atoms with Crippen LogP contribution in [0, 0.1) is 0 Å². The number of carbonyl (C=O) groups excluding carboxylic acids is 2. The SMILES string of the molecule is COCCOc1ncc(NC(=O)CSCC(=O)[O-])cc1C(F)(F)F. The summed E-state index contributed by atoms with van der Waals surface area (Å²) in [4.78, 5) is 25.3. The maximum Gasteiger partial charge on any atom is 0.421 e. The first-order valence-electron chi connectivity index (χ1n) is 6.50. The molecule has 0 aromatic carbocycles. The monoisotopic (exact) mass is 367 g/mol. The number of nitrogens with one attached hydrogen (secondary N) is 1. The molecule has 134 valence electrons. The van der Waals surface area contributed by atoms with Crippen LogP contribution in [0.2, 0.25) is 0 Å². The summed E-state index contributed by atoms with van der Waals surface area (Å²) < 4.78 is 48.7. The second-order valence-electron chi connectivity index (χ2n) is 4.33. The van der Waals surface area contributed by atoms with Crippen LogP contribution in [-0.2, 0) is 20.5 Å². The number of hydrogen-bond donors (Lipinski definition) is 1. The summed E-state index contributed by atoms with van der Waals surface area (Å²) in [5.41, 5.74) is -1.32. The Bertz CT molecular complexity index is 583. The Labute approximate surface area is 139 Å². The molecule has 0 aliphatic heterocycles. The van der Waals surface area contributed by atoms with E-state index in [1.807, 2.05) is 0 Å². The van der Waals surface area contributed by atoms with Crippen molar-refractivity contribution in [1.82, 2.24) is 4.98 Å². The summed E-state index contributed by atoms with van der Waals surface area (Å²) in [6, 6.07) is 0.691. The number of methoxy groups -OCH3 is 1. The van der Waals surface area contributed by atoms with Gasteiger partial charge in [0.15, 0.2) is 0 Å². The van der Waals surface area contributed by atoms with Crippen LogP contribution in [0.4, 0.5) is 18.9 Å². The minimum atomic E-state index is -4.72. The molecule has 7 nitrogen and oxygen atoms in total. The molecule has 0 atom stereocenters. The molecule has 0 aliphatic rings. The fraction of sp³-hybridized carbons (Fsp3) is 0.462. The maximum absolute atomic E-state index is 13.0. The van der Waals surface area contributed by atoms with E-state index in [9.17, 15) is 27.9 Å². The van der Waals surface area contributed by atoms with E-state index in [2.05, 4.69) is 15.0 Å². The van der Waals surface area contributed by atoms with Crippen LogP contribution in [0.1, 0.15) is 5.56 Å². The summed E-state index contributed by atoms with van der Waals surface area (Å²) in [6.07, 6.45) is -3.71. The van der Waals surface area contributed by atoms with Gasteiger partial charge < -0.3 is 24.7 Å². The number of pyridine rings is 1. The van der Waals surface area contributed by atoms with E-state index in [0.29, 0.717) is 6.07 Å². The minimum absolute atomic E-state index is 0.0904. The number of rotatable bonds is 9. The topological polar surface area (TPSA) is 101 Å². The van der Waals surface area contributed by atoms with Gasteiger partial charge in [0.2, 0.25) is 11.8 Å². The highest BCUT2D eigenvalue weighted by Crippen LogP contribution is 2.36. The predicted molar refractivity (Wildman–Crippen MR) is 77.6 cm³/mol. The van der Waals surface area contributed by atoms with Gasteiger partial charge in [0.25, 0.3) is 0 Å². The average molecular weight is 367 g/mol. The Morgan fingerprint density at radius 2 is 2.04 bits per heavy atom. The first-order valence-corrected chi connectivity index (χ1v) is 7.66. The zero-order valence-corrected chi connectivity index (χ0v) is 13.3. The smallest absolute Gasteiger partial charge is 0.421 e. The first kappa shape index (κ1) is 20.0. The first-order chi connectivity index (χ1) is 11.2. The van der Waals surface area contributed by atoms with E-state index in [1.54, 1.807) is 0 Å². The molecule has 1 N–H and O–H groups in total. The Kier molecular flexibility index (Phi) is 7.79. The quantitative estimate of drug-likeness (QED) is 0.636. The molecule has 0 saturated carbocycles. The number of thioether (sulfide) groups is 1. The van der Waals surface area contributed by atoms with Gasteiger partial charge in [-0.15, -0.1) is 11.8 Å². The molecule has 1 rings (SSSR count). The highest BCUT2D eigenvalue weighted by Gasteiger charge is 2.36. The number of amides is 1. The molecule has 0 fully saturated rings. The number of carbonyl (C=O) groups is 2. The van der Waals surface area contributed by atoms with Crippen molar-refractivity contribution >= 4 is 29.3 Å². The number of carboxylic acid groups (broad SMARTS) is 1. The van der Waals surface area contributed by atoms with Gasteiger partial charge in [0, 0.05) is 12.9 Å². The molecular weight excluding hydrogens is 353 g/mol. The number of hydrogen-bond acceptors (Lipinski definition) is 7. The number of aliphatic carboxylic acids is 1. The van der Waals surface area contributed by atoms with Crippen LogP contribution in [0.3, 0.4) is 0 Å². The van der Waals surface area contributed by atoms with Crippen molar-refractivity contribution in [2.75, 3.05) is 37.1 Å². The summed E-state index contributed by atoms with van der Waals surface area (Å²) >= 11 is 0.760. The largest absolute Gasteiger partial charge is 0.549 e. The van der Waals surface area contributed by atoms with Gasteiger partial charge in [-0.3, -0.25) is 4.79 Å². The normalized spacial score (nSPS) is 11.2. The molecule has 1 aromatic heterocycles. The summed E-state index contributed by atoms with van der Waals surface area (Å²) in [6.45, 7) is -0.0225. The van der Waals surface area contributed by atoms with Crippen LogP contribution < -0.4 is 15.2 Å². The van der Waals surface area contributed by atoms with Gasteiger partial charge in [-0.05, 0) is 6.07 Å². The third-order valence-corrected chi connectivity index (χ3v) is 3.33. The number of carboxylic acids is 1. The third kappa shape index (κ3) is 7.04. The third-order valence-electron chi connectivity index (χ3n) is 2.42. The lowest BCUT2D eigenvalue weighted by Crippen LogP contribution is -2.25. The van der Waals surface area contributed by atoms with Crippen LogP contribution >= 0.6 is 11.8 Å². The maximum atomic E-state index is 13.0. The van der Waals surface area contributed by atoms with Gasteiger partial charge >= 0.3 is 6.18 Å². The van der Waals surface area contributed by atoms with Crippen molar-refractivity contribution in [1.29, 1.82) is 0 Å². The van der Waals surface area contributed by atoms with Gasteiger partial charge in [-0.25, -0.2) is 4.98 Å². The number of halogens is 3. The average Bonchev–Trinajstić information content (AvgIpc) is 2.47. The Morgan fingerprint density at radius 1 is 1.33 bits per heavy atom. The van der Waals surface area contributed by atoms with E-state index >= 15 is 0 Å². The summed E-state index contributed by atoms with van der Waals surface area (Å²) in [7, 11) is 1.37. The molecular formula is C13H14F3N2O5S-. The van der Waals surface area contributed by atoms with E-state index in [1.165, 1.54) is 7.11 Å². The number of ether oxygens (including phenoxy) is 2. The molecule has 1 heterocycles. The molecule has 24 heavy (non-hydrogen) atoms. The van der Waals surface area contributed by atoms with E-state index in [-0.39, 0.29) is 24.7 Å². The minimum Gasteiger partial charge on any atom is -0.549 e. The van der Waals surface area contributed by atoms with Crippen molar-refractivity contribution in [3.05, 3.63) is 17.8 Å². The van der Waals surface area contributed by atoms with Gasteiger partial charge in [0.1, 0.15) is 12.2 Å². The number of anilines is 1. The molecule has 0 saturated heterocycles. The molecule has 1 amide bonds. The lowest BCUT2D eigenvalue weighted by atomic mass is 10.2. The van der Waals surface area contributed by atoms with E-state index in [4.69, 9.17) is 4.74 Å². The van der Waals surface area contributed by atoms with Crippen molar-refractivity contribution in [2.24, 2.45) is 0 Å². The number of alkyl halides is 3. The zero-order valence-electron chi connectivity index (χ0n) is 12.5. The highest BCUT2D eigenvalue weighted by atomic mass is 32.2. The second-order valence-corrected chi connectivity index (χ2v) is 5.31. The van der Waals surface area contributed by atoms with Crippen LogP contribution in [0.5, 0.6) is 5.88 Å². The van der Waals surface area contributed by atoms with E-state index < -0.39 is 35.2 Å². The van der Waals surface area contributed by atoms with Gasteiger partial charge in [0.05, 0.1) is 30.2 Å². The lowest BCUT2D eigenvalue weighted by Gasteiger charge is -2.14. The highest BCUT2D eigenvalue weighted by molar-refractivity contribution is 8.00. The molecule has 0 unspecified atom stereocenters. The molecule has 0 bridgehead atoms. The lowest BCUT2D eigenvalue weighted by molar-refractivity contribution is -0.301. The Morgan fingerprint density at radius 3 is 2.62 bits per heavy atom. The van der Waals surface area contributed by atoms with Crippen LogP contribution in [0.25, 0.3) is 0 Å². The zero-order chi connectivity index (χ0) is 18.2. The molecule has 1 aromatic rings. The fourth-order valence-electron chi connectivity index (χ4n) is 1.48. The fourth-order valence-corrected chi connectivity index (χ4v) is 2.01. The van der Waals surface area contributed by atoms with Crippen LogP contribution in [-0.4, -0.2) is 48.7 Å². The van der Waals surface area contributed by atoms with E-state index in [0.717, 1.165) is 18.0 Å². The summed E-state index contributed by atoms with van der Waals surface area (Å²) in [5, 5.41) is 12.4. The van der Waals surface area contributed by atoms with Crippen molar-refractivity contribution < 1.29 is 37.3 Å². The Hall–Kier alpha value is -2.01. The number of nitrogens with zero attached hydrogens (tertiary/aromatic N) is 1. The van der Waals surface area contributed by atoms with Gasteiger partial charge in [-0.1, -0.05) is 0 Å². The number of aromatic nitrogens is 1. The Balaban J connectivity index is 2.78. The molecule has 11 heteroatoms.